The van der Waals surface area contributed by atoms with E-state index in [9.17, 15) is 19.8 Å². The summed E-state index contributed by atoms with van der Waals surface area (Å²) in [7, 11) is 3.97. The van der Waals surface area contributed by atoms with Crippen LogP contribution in [0, 0.1) is 0 Å². The molecule has 0 fully saturated rings. The van der Waals surface area contributed by atoms with Crippen LogP contribution in [0.15, 0.2) is 50.0 Å². The second-order valence-electron chi connectivity index (χ2n) is 8.00. The van der Waals surface area contributed by atoms with Gasteiger partial charge in [0.1, 0.15) is 16.6 Å². The van der Waals surface area contributed by atoms with E-state index in [0.717, 1.165) is 0 Å². The first-order valence-corrected chi connectivity index (χ1v) is 10.8. The van der Waals surface area contributed by atoms with Crippen molar-refractivity contribution in [2.24, 2.45) is 0 Å². The molecule has 5 rings (SSSR count). The van der Waals surface area contributed by atoms with Crippen LogP contribution in [0.4, 0.5) is 6.01 Å². The highest BCUT2D eigenvalue weighted by atomic mass is 16.5. The second kappa shape index (κ2) is 8.82. The molecule has 2 aromatic heterocycles. The Labute approximate surface area is 208 Å². The maximum atomic E-state index is 13.1. The molecule has 0 unspecified atom stereocenters. The number of methoxy groups -OCH3 is 3. The van der Waals surface area contributed by atoms with E-state index in [4.69, 9.17) is 28.8 Å². The van der Waals surface area contributed by atoms with Crippen LogP contribution in [0.2, 0.25) is 0 Å². The SMILES string of the molecule is COC(=O)C1=c2oc(=O)/c(=C/c3ccc(O)c(OC)c3)n2-c2oc(N)nc2[C@H]1c1ccc(O)c(OC)c1. The quantitative estimate of drug-likeness (QED) is 0.325. The average molecular weight is 507 g/mol. The number of aromatic nitrogens is 2. The van der Waals surface area contributed by atoms with Crippen molar-refractivity contribution in [3.8, 4) is 28.9 Å². The molecule has 12 nitrogen and oxygen atoms in total. The molecular formula is C25H21N3O9. The minimum atomic E-state index is -0.940. The third-order valence-corrected chi connectivity index (χ3v) is 5.94. The number of nitrogen functional groups attached to an aromatic ring is 1. The molecule has 1 atom stereocenters. The van der Waals surface area contributed by atoms with E-state index >= 15 is 0 Å². The molecule has 12 heteroatoms. The maximum Gasteiger partial charge on any atom is 0.362 e. The summed E-state index contributed by atoms with van der Waals surface area (Å²) in [6, 6.07) is 8.75. The van der Waals surface area contributed by atoms with Crippen molar-refractivity contribution in [2.75, 3.05) is 27.1 Å². The van der Waals surface area contributed by atoms with Gasteiger partial charge in [0.15, 0.2) is 23.0 Å². The molecule has 3 heterocycles. The number of phenols is 2. The Kier molecular flexibility index (Phi) is 5.63. The average Bonchev–Trinajstić information content (AvgIpc) is 3.43. The predicted molar refractivity (Wildman–Crippen MR) is 128 cm³/mol. The van der Waals surface area contributed by atoms with E-state index < -0.39 is 17.5 Å². The Morgan fingerprint density at radius 2 is 1.73 bits per heavy atom. The van der Waals surface area contributed by atoms with Crippen LogP contribution >= 0.6 is 0 Å². The zero-order valence-corrected chi connectivity index (χ0v) is 19.8. The van der Waals surface area contributed by atoms with Crippen LogP contribution in [-0.2, 0) is 9.53 Å². The Morgan fingerprint density at radius 3 is 2.41 bits per heavy atom. The molecule has 0 amide bonds. The summed E-state index contributed by atoms with van der Waals surface area (Å²) in [5, 5.41) is 20.0. The normalized spacial score (nSPS) is 14.7. The molecule has 1 aliphatic heterocycles. The summed E-state index contributed by atoms with van der Waals surface area (Å²) in [6.45, 7) is 0. The molecule has 0 aliphatic carbocycles. The monoisotopic (exact) mass is 507 g/mol. The van der Waals surface area contributed by atoms with E-state index in [1.54, 1.807) is 12.1 Å². The van der Waals surface area contributed by atoms with E-state index in [2.05, 4.69) is 4.98 Å². The highest BCUT2D eigenvalue weighted by molar-refractivity contribution is 6.12. The number of benzene rings is 2. The molecule has 37 heavy (non-hydrogen) atoms. The summed E-state index contributed by atoms with van der Waals surface area (Å²) in [5.41, 5.74) is 6.10. The minimum Gasteiger partial charge on any atom is -0.504 e. The lowest BCUT2D eigenvalue weighted by Crippen LogP contribution is -2.37. The van der Waals surface area contributed by atoms with Gasteiger partial charge in [-0.3, -0.25) is 0 Å². The number of phenolic OH excluding ortho intramolecular Hbond substituents is 2. The predicted octanol–water partition coefficient (Wildman–Crippen LogP) is 0.727. The van der Waals surface area contributed by atoms with E-state index in [1.165, 1.54) is 56.2 Å². The lowest BCUT2D eigenvalue weighted by atomic mass is 9.86. The number of carbonyl (C=O) groups excluding carboxylic acids is 1. The highest BCUT2D eigenvalue weighted by Crippen LogP contribution is 2.41. The van der Waals surface area contributed by atoms with E-state index in [0.29, 0.717) is 11.1 Å². The number of carbonyl (C=O) groups is 1. The van der Waals surface area contributed by atoms with Crippen LogP contribution in [0.1, 0.15) is 22.7 Å². The Bertz CT molecular complexity index is 1730. The van der Waals surface area contributed by atoms with E-state index in [1.807, 2.05) is 0 Å². The van der Waals surface area contributed by atoms with Gasteiger partial charge in [-0.1, -0.05) is 12.1 Å². The van der Waals surface area contributed by atoms with Crippen molar-refractivity contribution >= 4 is 23.6 Å². The molecule has 1 aliphatic rings. The summed E-state index contributed by atoms with van der Waals surface area (Å²) >= 11 is 0. The number of hydrogen-bond donors (Lipinski definition) is 3. The van der Waals surface area contributed by atoms with Gasteiger partial charge in [0.2, 0.25) is 11.4 Å². The number of aromatic hydroxyl groups is 2. The fourth-order valence-corrected chi connectivity index (χ4v) is 4.29. The maximum absolute atomic E-state index is 13.1. The first-order chi connectivity index (χ1) is 17.8. The molecule has 0 spiro atoms. The largest absolute Gasteiger partial charge is 0.504 e. The third kappa shape index (κ3) is 3.75. The van der Waals surface area contributed by atoms with Gasteiger partial charge >= 0.3 is 11.6 Å². The topological polar surface area (TPSA) is 172 Å². The third-order valence-electron chi connectivity index (χ3n) is 5.94. The smallest absolute Gasteiger partial charge is 0.362 e. The van der Waals surface area contributed by atoms with Crippen LogP contribution < -0.4 is 31.7 Å². The molecule has 4 aromatic rings. The summed E-state index contributed by atoms with van der Waals surface area (Å²) in [4.78, 5) is 30.5. The van der Waals surface area contributed by atoms with Crippen molar-refractivity contribution in [3.05, 3.63) is 74.5 Å². The first-order valence-electron chi connectivity index (χ1n) is 10.8. The van der Waals surface area contributed by atoms with Gasteiger partial charge in [-0.25, -0.2) is 14.2 Å². The van der Waals surface area contributed by atoms with Crippen LogP contribution in [0.5, 0.6) is 23.0 Å². The number of rotatable bonds is 5. The van der Waals surface area contributed by atoms with Gasteiger partial charge in [0.05, 0.1) is 27.2 Å². The van der Waals surface area contributed by atoms with Crippen LogP contribution in [0.25, 0.3) is 17.5 Å². The minimum absolute atomic E-state index is 0.0108. The van der Waals surface area contributed by atoms with Gasteiger partial charge in [0.25, 0.3) is 6.01 Å². The molecule has 0 bridgehead atoms. The number of oxazole rings is 2. The van der Waals surface area contributed by atoms with Crippen molar-refractivity contribution in [1.82, 2.24) is 9.55 Å². The fraction of sp³-hybridized carbons (Fsp3) is 0.160. The van der Waals surface area contributed by atoms with Crippen molar-refractivity contribution in [1.29, 1.82) is 0 Å². The molecule has 4 N–H and O–H groups in total. The number of nitrogens with zero attached hydrogens (tertiary/aromatic N) is 2. The molecular weight excluding hydrogens is 486 g/mol. The van der Waals surface area contributed by atoms with Gasteiger partial charge in [-0.05, 0) is 41.5 Å². The summed E-state index contributed by atoms with van der Waals surface area (Å²) in [5.74, 6) is -1.52. The highest BCUT2D eigenvalue weighted by Gasteiger charge is 2.39. The number of nitrogens with two attached hydrogens (primary N) is 1. The standard InChI is InChI=1S/C25H21N3O9/c1-33-16-9-11(4-6-14(16)29)8-13-23(31)36-21-19(24(32)35-3)18(12-5-7-15(30)17(10-12)34-2)20-22(28(13)21)37-25(26)27-20/h4-10,18,29-30H,1-3H3,(H2,26,27)/b13-8-/t18-/m0/s1. The molecule has 0 saturated carbocycles. The number of anilines is 1. The lowest BCUT2D eigenvalue weighted by Gasteiger charge is -2.22. The Balaban J connectivity index is 1.88. The number of hydrogen-bond acceptors (Lipinski definition) is 11. The van der Waals surface area contributed by atoms with Crippen molar-refractivity contribution in [2.45, 2.75) is 5.92 Å². The van der Waals surface area contributed by atoms with Crippen LogP contribution in [-0.4, -0.2) is 47.1 Å². The first kappa shape index (κ1) is 23.6. The molecule has 190 valence electrons. The van der Waals surface area contributed by atoms with Gasteiger partial charge in [0, 0.05) is 0 Å². The fourth-order valence-electron chi connectivity index (χ4n) is 4.29. The second-order valence-corrected chi connectivity index (χ2v) is 8.00. The lowest BCUT2D eigenvalue weighted by molar-refractivity contribution is -0.134. The molecule has 0 radical (unpaired) electrons. The van der Waals surface area contributed by atoms with Crippen molar-refractivity contribution < 1.29 is 38.1 Å². The van der Waals surface area contributed by atoms with Crippen molar-refractivity contribution in [3.63, 3.8) is 0 Å². The molecule has 0 saturated heterocycles. The number of fused-ring (bicyclic) bond motifs is 3. The number of esters is 1. The number of ether oxygens (including phenoxy) is 3. The molecule has 2 aromatic carbocycles. The van der Waals surface area contributed by atoms with Gasteiger partial charge < -0.3 is 39.0 Å². The Hall–Kier alpha value is -5.13. The van der Waals surface area contributed by atoms with E-state index in [-0.39, 0.29) is 57.1 Å². The summed E-state index contributed by atoms with van der Waals surface area (Å²) < 4.78 is 27.9. The zero-order valence-electron chi connectivity index (χ0n) is 19.8. The zero-order chi connectivity index (χ0) is 26.4. The van der Waals surface area contributed by atoms with Gasteiger partial charge in [-0.15, -0.1) is 0 Å². The summed E-state index contributed by atoms with van der Waals surface area (Å²) in [6.07, 6.45) is 1.47. The van der Waals surface area contributed by atoms with Crippen LogP contribution in [0.3, 0.4) is 0 Å². The van der Waals surface area contributed by atoms with Gasteiger partial charge in [-0.2, -0.15) is 4.98 Å². The Morgan fingerprint density at radius 1 is 1.05 bits per heavy atom.